The highest BCUT2D eigenvalue weighted by atomic mass is 16.6. The lowest BCUT2D eigenvalue weighted by molar-refractivity contribution is -0.328. The predicted octanol–water partition coefficient (Wildman–Crippen LogP) is -1.67. The molecule has 0 radical (unpaired) electrons. The number of nitrogens with one attached hydrogen (secondary N) is 4. The Balaban J connectivity index is 1.49. The highest BCUT2D eigenvalue weighted by Gasteiger charge is 2.57. The smallest absolute Gasteiger partial charge is 0.328 e. The van der Waals surface area contributed by atoms with Gasteiger partial charge in [0.05, 0.1) is 12.2 Å². The average molecular weight is 785 g/mol. The first-order chi connectivity index (χ1) is 25.9. The SMILES string of the molecule is CCC1CCC(O)(C(C)(O)C(=O)NC(C(=O)N2NCCCC2C(=O)N(O)CC(=O)N2NCCCC2C(=O)N2NCCCC2C(=O)O)C(O)C(C)C)OC1CC. The van der Waals surface area contributed by atoms with Gasteiger partial charge in [-0.25, -0.2) is 26.1 Å². The molecule has 20 nitrogen and oxygen atoms in total. The normalized spacial score (nSPS) is 29.9. The second-order valence-electron chi connectivity index (χ2n) is 15.4. The lowest BCUT2D eigenvalue weighted by atomic mass is 9.80. The number of hydrazine groups is 3. The van der Waals surface area contributed by atoms with Crippen molar-refractivity contribution >= 4 is 35.5 Å². The van der Waals surface area contributed by atoms with Gasteiger partial charge < -0.3 is 30.5 Å². The van der Waals surface area contributed by atoms with Gasteiger partial charge in [-0.15, -0.1) is 0 Å². The van der Waals surface area contributed by atoms with Gasteiger partial charge in [0.2, 0.25) is 5.79 Å². The average Bonchev–Trinajstić information content (AvgIpc) is 3.18. The Morgan fingerprint density at radius 1 is 0.891 bits per heavy atom. The first kappa shape index (κ1) is 44.2. The zero-order chi connectivity index (χ0) is 40.8. The van der Waals surface area contributed by atoms with Crippen molar-refractivity contribution in [3.63, 3.8) is 0 Å². The Morgan fingerprint density at radius 3 is 2.02 bits per heavy atom. The van der Waals surface area contributed by atoms with Crippen LogP contribution in [0.25, 0.3) is 0 Å². The van der Waals surface area contributed by atoms with Gasteiger partial charge >= 0.3 is 5.97 Å². The quantitative estimate of drug-likeness (QED) is 0.0747. The van der Waals surface area contributed by atoms with Gasteiger partial charge in [-0.1, -0.05) is 34.1 Å². The molecule has 4 heterocycles. The number of carbonyl (C=O) groups is 6. The van der Waals surface area contributed by atoms with Crippen LogP contribution in [0.3, 0.4) is 0 Å². The molecule has 0 spiro atoms. The predicted molar refractivity (Wildman–Crippen MR) is 191 cm³/mol. The number of hydroxylamine groups is 2. The number of rotatable bonds is 13. The van der Waals surface area contributed by atoms with Crippen LogP contribution in [0.1, 0.15) is 98.8 Å². The molecule has 0 aromatic carbocycles. The van der Waals surface area contributed by atoms with Crippen molar-refractivity contribution in [3.05, 3.63) is 0 Å². The Kier molecular flexibility index (Phi) is 15.0. The molecule has 0 saturated carbocycles. The minimum absolute atomic E-state index is 0.0177. The van der Waals surface area contributed by atoms with E-state index in [0.717, 1.165) is 28.4 Å². The number of aliphatic hydroxyl groups excluding tert-OH is 1. The van der Waals surface area contributed by atoms with E-state index in [1.165, 1.54) is 0 Å². The summed E-state index contributed by atoms with van der Waals surface area (Å²) in [5, 5.41) is 60.1. The fourth-order valence-electron chi connectivity index (χ4n) is 7.75. The van der Waals surface area contributed by atoms with Crippen LogP contribution in [0.15, 0.2) is 0 Å². The maximum Gasteiger partial charge on any atom is 0.328 e. The van der Waals surface area contributed by atoms with Crippen molar-refractivity contribution in [3.8, 4) is 0 Å². The molecule has 0 bridgehead atoms. The lowest BCUT2D eigenvalue weighted by Crippen LogP contribution is -2.70. The van der Waals surface area contributed by atoms with Crippen LogP contribution in [-0.4, -0.2) is 155 Å². The van der Waals surface area contributed by atoms with Gasteiger partial charge in [-0.3, -0.25) is 44.2 Å². The van der Waals surface area contributed by atoms with Crippen molar-refractivity contribution in [1.29, 1.82) is 0 Å². The van der Waals surface area contributed by atoms with E-state index in [2.05, 4.69) is 21.6 Å². The minimum atomic E-state index is -2.57. The molecule has 55 heavy (non-hydrogen) atoms. The summed E-state index contributed by atoms with van der Waals surface area (Å²) < 4.78 is 5.91. The van der Waals surface area contributed by atoms with Crippen LogP contribution in [-0.2, 0) is 33.5 Å². The summed E-state index contributed by atoms with van der Waals surface area (Å²) in [6, 6.07) is -5.43. The molecular formula is C35H60N8O12. The Morgan fingerprint density at radius 2 is 1.45 bits per heavy atom. The topological polar surface area (TPSA) is 274 Å². The van der Waals surface area contributed by atoms with Crippen molar-refractivity contribution in [2.45, 2.75) is 147 Å². The van der Waals surface area contributed by atoms with Gasteiger partial charge in [0.15, 0.2) is 5.60 Å². The first-order valence-corrected chi connectivity index (χ1v) is 19.4. The molecule has 4 fully saturated rings. The molecule has 4 aliphatic heterocycles. The third-order valence-corrected chi connectivity index (χ3v) is 11.3. The molecule has 4 saturated heterocycles. The van der Waals surface area contributed by atoms with Crippen LogP contribution >= 0.6 is 0 Å². The zero-order valence-corrected chi connectivity index (χ0v) is 32.4. The number of aliphatic carboxylic acids is 1. The number of carboxylic acid groups (broad SMARTS) is 1. The largest absolute Gasteiger partial charge is 0.480 e. The molecule has 312 valence electrons. The van der Waals surface area contributed by atoms with E-state index in [9.17, 15) is 54.4 Å². The highest BCUT2D eigenvalue weighted by molar-refractivity contribution is 5.96. The van der Waals surface area contributed by atoms with Gasteiger partial charge in [0.1, 0.15) is 30.7 Å². The summed E-state index contributed by atoms with van der Waals surface area (Å²) in [4.78, 5) is 80.5. The van der Waals surface area contributed by atoms with Gasteiger partial charge in [0, 0.05) is 26.1 Å². The van der Waals surface area contributed by atoms with Crippen molar-refractivity contribution in [2.24, 2.45) is 11.8 Å². The molecule has 4 rings (SSSR count). The molecule has 4 aliphatic rings. The van der Waals surface area contributed by atoms with E-state index in [1.54, 1.807) is 13.8 Å². The van der Waals surface area contributed by atoms with Crippen molar-refractivity contribution in [2.75, 3.05) is 26.2 Å². The Labute approximate surface area is 320 Å². The monoisotopic (exact) mass is 784 g/mol. The van der Waals surface area contributed by atoms with Crippen molar-refractivity contribution < 1.29 is 59.1 Å². The summed E-state index contributed by atoms with van der Waals surface area (Å²) in [5.74, 6) is -8.81. The Hall–Kier alpha value is -3.50. The minimum Gasteiger partial charge on any atom is -0.480 e. The molecule has 20 heteroatoms. The summed E-state index contributed by atoms with van der Waals surface area (Å²) >= 11 is 0. The first-order valence-electron chi connectivity index (χ1n) is 19.4. The highest BCUT2D eigenvalue weighted by Crippen LogP contribution is 2.40. The number of aliphatic hydroxyl groups is 3. The van der Waals surface area contributed by atoms with Crippen LogP contribution < -0.4 is 21.6 Å². The summed E-state index contributed by atoms with van der Waals surface area (Å²) in [7, 11) is 0. The second kappa shape index (κ2) is 18.6. The van der Waals surface area contributed by atoms with E-state index in [4.69, 9.17) is 4.74 Å². The van der Waals surface area contributed by atoms with Gasteiger partial charge in [-0.2, -0.15) is 0 Å². The molecule has 0 aliphatic carbocycles. The van der Waals surface area contributed by atoms with E-state index in [1.807, 2.05) is 13.8 Å². The number of amides is 5. The standard InChI is InChI=1S/C35H60N8O12/c1-6-21-14-15-35(53,55-25(21)7-2)34(5,52)33(51)39-27(28(45)20(3)4)31(48)42-22(11-8-17-37-42)29(46)40(54)19-26(44)41-23(12-9-16-36-41)30(47)43-24(32(49)50)13-10-18-38-43/h20-25,27-28,36-38,45,52-54H,6-19H2,1-5H3,(H,39,51)(H,49,50). The number of carbonyl (C=O) groups excluding carboxylic acids is 5. The zero-order valence-electron chi connectivity index (χ0n) is 32.4. The summed E-state index contributed by atoms with van der Waals surface area (Å²) in [6.45, 7) is 8.01. The Bertz CT molecular complexity index is 1420. The lowest BCUT2D eigenvalue weighted by Gasteiger charge is -2.47. The van der Waals surface area contributed by atoms with E-state index < -0.39 is 95.7 Å². The van der Waals surface area contributed by atoms with Gasteiger partial charge in [0.25, 0.3) is 29.5 Å². The molecular weight excluding hydrogens is 724 g/mol. The number of nitrogens with zero attached hydrogens (tertiary/aromatic N) is 4. The van der Waals surface area contributed by atoms with Gasteiger partial charge in [-0.05, 0) is 70.1 Å². The van der Waals surface area contributed by atoms with Crippen LogP contribution in [0.4, 0.5) is 0 Å². The van der Waals surface area contributed by atoms with Crippen molar-refractivity contribution in [1.82, 2.24) is 41.7 Å². The van der Waals surface area contributed by atoms with E-state index in [-0.39, 0.29) is 43.2 Å². The van der Waals surface area contributed by atoms with Crippen LogP contribution in [0.5, 0.6) is 0 Å². The maximum absolute atomic E-state index is 14.2. The van der Waals surface area contributed by atoms with Crippen LogP contribution in [0, 0.1) is 11.8 Å². The number of hydrogen-bond acceptors (Lipinski definition) is 14. The van der Waals surface area contributed by atoms with E-state index in [0.29, 0.717) is 45.2 Å². The van der Waals surface area contributed by atoms with Crippen LogP contribution in [0.2, 0.25) is 0 Å². The maximum atomic E-state index is 14.2. The molecule has 9 unspecified atom stereocenters. The van der Waals surface area contributed by atoms with E-state index >= 15 is 0 Å². The number of ether oxygens (including phenoxy) is 1. The molecule has 9 N–H and O–H groups in total. The summed E-state index contributed by atoms with van der Waals surface area (Å²) in [6.07, 6.45) is 1.52. The summed E-state index contributed by atoms with van der Waals surface area (Å²) in [5.41, 5.74) is 5.83. The molecule has 0 aromatic heterocycles. The third-order valence-electron chi connectivity index (χ3n) is 11.3. The number of carboxylic acids is 1. The second-order valence-corrected chi connectivity index (χ2v) is 15.4. The molecule has 9 atom stereocenters. The number of hydrogen-bond donors (Lipinski definition) is 9. The third kappa shape index (κ3) is 9.55. The fraction of sp³-hybridized carbons (Fsp3) is 0.829. The molecule has 5 amide bonds. The fourth-order valence-corrected chi connectivity index (χ4v) is 7.75. The molecule has 0 aromatic rings.